The van der Waals surface area contributed by atoms with E-state index in [-0.39, 0.29) is 16.7 Å². The molecule has 2 rings (SSSR count). The predicted octanol–water partition coefficient (Wildman–Crippen LogP) is 3.08. The molecule has 0 saturated heterocycles. The van der Waals surface area contributed by atoms with Crippen LogP contribution in [0.2, 0.25) is 0 Å². The summed E-state index contributed by atoms with van der Waals surface area (Å²) in [4.78, 5) is 22.6. The zero-order valence-corrected chi connectivity index (χ0v) is 14.7. The van der Waals surface area contributed by atoms with Crippen molar-refractivity contribution < 1.29 is 18.0 Å². The van der Waals surface area contributed by atoms with Crippen molar-refractivity contribution in [1.29, 1.82) is 0 Å². The van der Waals surface area contributed by atoms with E-state index in [9.17, 15) is 18.0 Å². The molecular weight excluding hydrogens is 348 g/mol. The highest BCUT2D eigenvalue weighted by Crippen LogP contribution is 2.32. The minimum Gasteiger partial charge on any atom is -0.326 e. The zero-order valence-electron chi connectivity index (χ0n) is 13.1. The molecule has 0 spiro atoms. The fraction of sp³-hybridized carbons (Fsp3) is 0.125. The number of nitrogens with one attached hydrogen (secondary N) is 2. The highest BCUT2D eigenvalue weighted by atomic mass is 33.1. The smallest absolute Gasteiger partial charge is 0.234 e. The molecule has 126 valence electrons. The Morgan fingerprint density at radius 2 is 1.21 bits per heavy atom. The van der Waals surface area contributed by atoms with E-state index in [2.05, 4.69) is 10.6 Å². The first-order chi connectivity index (χ1) is 11.3. The number of carbonyl (C=O) groups is 2. The average Bonchev–Trinajstić information content (AvgIpc) is 2.48. The van der Waals surface area contributed by atoms with Crippen LogP contribution in [0.15, 0.2) is 58.3 Å². The highest BCUT2D eigenvalue weighted by Gasteiger charge is 2.16. The molecule has 0 fully saturated rings. The van der Waals surface area contributed by atoms with Crippen LogP contribution in [-0.2, 0) is 18.5 Å². The highest BCUT2D eigenvalue weighted by molar-refractivity contribution is 8.72. The van der Waals surface area contributed by atoms with Gasteiger partial charge in [0.2, 0.25) is 20.7 Å². The summed E-state index contributed by atoms with van der Waals surface area (Å²) in [6.07, 6.45) is 0. The second-order valence-corrected chi connectivity index (χ2v) is 8.78. The Bertz CT molecular complexity index is 845. The molecule has 0 atom stereocenters. The number of carbonyl (C=O) groups excluding carboxylic acids is 2. The zero-order chi connectivity index (χ0) is 17.7. The van der Waals surface area contributed by atoms with Crippen molar-refractivity contribution in [2.75, 3.05) is 10.6 Å². The summed E-state index contributed by atoms with van der Waals surface area (Å²) in [5.41, 5.74) is 1.13. The number of amides is 2. The number of rotatable bonds is 5. The molecule has 2 amide bonds. The van der Waals surface area contributed by atoms with Gasteiger partial charge in [0, 0.05) is 40.9 Å². The van der Waals surface area contributed by atoms with Gasteiger partial charge in [0.05, 0.1) is 4.90 Å². The lowest BCUT2D eigenvalue weighted by Crippen LogP contribution is -2.06. The Hall–Kier alpha value is -2.32. The summed E-state index contributed by atoms with van der Waals surface area (Å²) in [5.74, 6) is -0.415. The fourth-order valence-corrected chi connectivity index (χ4v) is 4.66. The van der Waals surface area contributed by atoms with E-state index in [1.165, 1.54) is 38.1 Å². The van der Waals surface area contributed by atoms with Crippen molar-refractivity contribution in [2.45, 2.75) is 23.6 Å². The maximum atomic E-state index is 12.4. The minimum absolute atomic E-state index is 0.146. The summed E-state index contributed by atoms with van der Waals surface area (Å²) in [6, 6.07) is 12.5. The largest absolute Gasteiger partial charge is 0.326 e. The lowest BCUT2D eigenvalue weighted by molar-refractivity contribution is -0.115. The third-order valence-corrected chi connectivity index (χ3v) is 6.19. The van der Waals surface area contributed by atoms with Gasteiger partial charge in [0.25, 0.3) is 0 Å². The molecule has 0 aliphatic carbocycles. The van der Waals surface area contributed by atoms with Crippen molar-refractivity contribution in [3.63, 3.8) is 0 Å². The van der Waals surface area contributed by atoms with Crippen LogP contribution >= 0.6 is 10.8 Å². The Kier molecular flexibility index (Phi) is 5.63. The molecule has 8 heteroatoms. The van der Waals surface area contributed by atoms with Crippen LogP contribution in [0.25, 0.3) is 0 Å². The molecule has 2 aromatic carbocycles. The van der Waals surface area contributed by atoms with Gasteiger partial charge in [-0.25, -0.2) is 8.42 Å². The van der Waals surface area contributed by atoms with E-state index >= 15 is 0 Å². The van der Waals surface area contributed by atoms with E-state index < -0.39 is 8.87 Å². The van der Waals surface area contributed by atoms with E-state index in [1.54, 1.807) is 24.3 Å². The van der Waals surface area contributed by atoms with Crippen molar-refractivity contribution in [2.24, 2.45) is 0 Å². The van der Waals surface area contributed by atoms with Crippen LogP contribution in [0.5, 0.6) is 0 Å². The van der Waals surface area contributed by atoms with Crippen molar-refractivity contribution in [1.82, 2.24) is 0 Å². The maximum Gasteiger partial charge on any atom is 0.234 e. The number of benzene rings is 2. The third kappa shape index (κ3) is 5.10. The average molecular weight is 364 g/mol. The third-order valence-electron chi connectivity index (χ3n) is 2.84. The van der Waals surface area contributed by atoms with Gasteiger partial charge in [-0.1, -0.05) is 0 Å². The van der Waals surface area contributed by atoms with E-state index in [0.29, 0.717) is 16.3 Å². The van der Waals surface area contributed by atoms with Crippen LogP contribution in [0, 0.1) is 0 Å². The van der Waals surface area contributed by atoms with Crippen LogP contribution in [-0.4, -0.2) is 20.2 Å². The topological polar surface area (TPSA) is 92.3 Å². The first kappa shape index (κ1) is 18.0. The van der Waals surface area contributed by atoms with Gasteiger partial charge in [-0.05, 0) is 48.5 Å². The molecule has 0 unspecified atom stereocenters. The monoisotopic (exact) mass is 364 g/mol. The number of hydrogen-bond acceptors (Lipinski definition) is 5. The van der Waals surface area contributed by atoms with E-state index in [1.807, 2.05) is 0 Å². The molecule has 2 N–H and O–H groups in total. The van der Waals surface area contributed by atoms with Crippen molar-refractivity contribution in [3.05, 3.63) is 48.5 Å². The van der Waals surface area contributed by atoms with Crippen LogP contribution in [0.3, 0.4) is 0 Å². The Labute approximate surface area is 144 Å². The van der Waals surface area contributed by atoms with Crippen molar-refractivity contribution >= 4 is 42.9 Å². The molecule has 0 aromatic heterocycles. The van der Waals surface area contributed by atoms with Crippen LogP contribution in [0.4, 0.5) is 11.4 Å². The maximum absolute atomic E-state index is 12.4. The first-order valence-electron chi connectivity index (χ1n) is 6.96. The van der Waals surface area contributed by atoms with E-state index in [0.717, 1.165) is 10.8 Å². The molecule has 0 aliphatic heterocycles. The van der Waals surface area contributed by atoms with Crippen LogP contribution in [0.1, 0.15) is 13.8 Å². The van der Waals surface area contributed by atoms with Gasteiger partial charge in [-0.15, -0.1) is 0 Å². The summed E-state index contributed by atoms with van der Waals surface area (Å²) < 4.78 is 24.8. The molecular formula is C16H16N2O4S2. The van der Waals surface area contributed by atoms with Gasteiger partial charge in [-0.2, -0.15) is 0 Å². The quantitative estimate of drug-likeness (QED) is 0.796. The van der Waals surface area contributed by atoms with Gasteiger partial charge in [-0.3, -0.25) is 9.59 Å². The minimum atomic E-state index is -3.58. The van der Waals surface area contributed by atoms with Crippen LogP contribution < -0.4 is 10.6 Å². The molecule has 0 heterocycles. The Morgan fingerprint density at radius 3 is 1.62 bits per heavy atom. The van der Waals surface area contributed by atoms with Gasteiger partial charge >= 0.3 is 0 Å². The number of anilines is 2. The molecule has 2 aromatic rings. The normalized spacial score (nSPS) is 10.9. The summed E-state index contributed by atoms with van der Waals surface area (Å²) >= 11 is 0. The standard InChI is InChI=1S/C16H16N2O4S2/c1-11(19)17-13-3-7-15(8-4-13)23-24(21,22)16-9-5-14(6-10-16)18-12(2)20/h3-10H,1-2H3,(H,17,19)(H,18,20). The molecule has 0 radical (unpaired) electrons. The number of hydrogen-bond donors (Lipinski definition) is 2. The Morgan fingerprint density at radius 1 is 0.792 bits per heavy atom. The molecule has 6 nitrogen and oxygen atoms in total. The Balaban J connectivity index is 2.12. The molecule has 0 bridgehead atoms. The van der Waals surface area contributed by atoms with E-state index in [4.69, 9.17) is 0 Å². The predicted molar refractivity (Wildman–Crippen MR) is 94.5 cm³/mol. The lowest BCUT2D eigenvalue weighted by Gasteiger charge is -2.07. The summed E-state index contributed by atoms with van der Waals surface area (Å²) in [7, 11) is -2.86. The molecule has 0 aliphatic rings. The second kappa shape index (κ2) is 7.50. The van der Waals surface area contributed by atoms with Crippen molar-refractivity contribution in [3.8, 4) is 0 Å². The summed E-state index contributed by atoms with van der Waals surface area (Å²) in [6.45, 7) is 2.78. The van der Waals surface area contributed by atoms with Gasteiger partial charge in [0.15, 0.2) is 0 Å². The van der Waals surface area contributed by atoms with Gasteiger partial charge < -0.3 is 10.6 Å². The molecule has 24 heavy (non-hydrogen) atoms. The SMILES string of the molecule is CC(=O)Nc1ccc(SS(=O)(=O)c2ccc(NC(C)=O)cc2)cc1. The first-order valence-corrected chi connectivity index (χ1v) is 9.78. The summed E-state index contributed by atoms with van der Waals surface area (Å²) in [5, 5.41) is 5.20. The fourth-order valence-electron chi connectivity index (χ4n) is 1.88. The molecule has 0 saturated carbocycles. The second-order valence-electron chi connectivity index (χ2n) is 4.95. The van der Waals surface area contributed by atoms with Gasteiger partial charge in [0.1, 0.15) is 0 Å². The lowest BCUT2D eigenvalue weighted by atomic mass is 10.3.